The molecule has 3 heterocycles. The number of nitrogens with zero attached hydrogens (tertiary/aromatic N) is 4. The first-order chi connectivity index (χ1) is 12.1. The van der Waals surface area contributed by atoms with E-state index >= 15 is 0 Å². The van der Waals surface area contributed by atoms with Crippen LogP contribution in [0.4, 0.5) is 10.6 Å². The van der Waals surface area contributed by atoms with E-state index in [1.807, 2.05) is 25.1 Å². The van der Waals surface area contributed by atoms with Crippen molar-refractivity contribution in [3.8, 4) is 0 Å². The van der Waals surface area contributed by atoms with Gasteiger partial charge >= 0.3 is 6.03 Å². The topological polar surface area (TPSA) is 83.7 Å². The summed E-state index contributed by atoms with van der Waals surface area (Å²) in [6, 6.07) is 5.52. The lowest BCUT2D eigenvalue weighted by atomic mass is 10.2. The highest BCUT2D eigenvalue weighted by Gasteiger charge is 2.17. The zero-order valence-corrected chi connectivity index (χ0v) is 14.6. The summed E-state index contributed by atoms with van der Waals surface area (Å²) < 4.78 is 10.4. The van der Waals surface area contributed by atoms with Gasteiger partial charge in [-0.05, 0) is 13.0 Å². The lowest BCUT2D eigenvalue weighted by Gasteiger charge is -2.29. The third-order valence-corrected chi connectivity index (χ3v) is 4.03. The van der Waals surface area contributed by atoms with Crippen LogP contribution in [0.3, 0.4) is 0 Å². The Balaban J connectivity index is 1.58. The monoisotopic (exact) mass is 345 g/mol. The first kappa shape index (κ1) is 17.2. The van der Waals surface area contributed by atoms with Gasteiger partial charge in [0, 0.05) is 44.5 Å². The number of anilines is 1. The van der Waals surface area contributed by atoms with Crippen LogP contribution in [0, 0.1) is 6.92 Å². The van der Waals surface area contributed by atoms with Gasteiger partial charge in [0.05, 0.1) is 19.8 Å². The van der Waals surface area contributed by atoms with Gasteiger partial charge in [-0.2, -0.15) is 0 Å². The molecule has 0 bridgehead atoms. The van der Waals surface area contributed by atoms with Crippen LogP contribution in [0.25, 0.3) is 0 Å². The van der Waals surface area contributed by atoms with Crippen LogP contribution < -0.4 is 10.2 Å². The molecule has 1 fully saturated rings. The fourth-order valence-corrected chi connectivity index (χ4v) is 2.74. The van der Waals surface area contributed by atoms with E-state index in [0.29, 0.717) is 26.3 Å². The number of carbonyl (C=O) groups is 1. The molecule has 3 rings (SSSR count). The number of urea groups is 1. The van der Waals surface area contributed by atoms with Gasteiger partial charge in [-0.1, -0.05) is 11.2 Å². The van der Waals surface area contributed by atoms with Crippen LogP contribution in [-0.2, 0) is 17.8 Å². The molecule has 0 saturated carbocycles. The van der Waals surface area contributed by atoms with Crippen molar-refractivity contribution in [2.75, 3.05) is 38.3 Å². The molecule has 8 nitrogen and oxygen atoms in total. The summed E-state index contributed by atoms with van der Waals surface area (Å²) in [5.74, 6) is 1.63. The molecule has 8 heteroatoms. The molecule has 0 unspecified atom stereocenters. The second-order valence-corrected chi connectivity index (χ2v) is 6.03. The van der Waals surface area contributed by atoms with Crippen LogP contribution in [0.5, 0.6) is 0 Å². The highest BCUT2D eigenvalue weighted by Crippen LogP contribution is 2.18. The Morgan fingerprint density at radius 3 is 2.92 bits per heavy atom. The summed E-state index contributed by atoms with van der Waals surface area (Å²) in [4.78, 5) is 20.6. The molecule has 1 N–H and O–H groups in total. The highest BCUT2D eigenvalue weighted by molar-refractivity contribution is 5.74. The van der Waals surface area contributed by atoms with Crippen molar-refractivity contribution in [3.05, 3.63) is 41.4 Å². The predicted molar refractivity (Wildman–Crippen MR) is 92.2 cm³/mol. The van der Waals surface area contributed by atoms with Gasteiger partial charge in [-0.25, -0.2) is 9.78 Å². The van der Waals surface area contributed by atoms with Crippen LogP contribution in [0.1, 0.15) is 17.0 Å². The van der Waals surface area contributed by atoms with Crippen LogP contribution in [0.15, 0.2) is 28.9 Å². The third kappa shape index (κ3) is 4.48. The largest absolute Gasteiger partial charge is 0.378 e. The maximum Gasteiger partial charge on any atom is 0.317 e. The Morgan fingerprint density at radius 2 is 2.20 bits per heavy atom. The Bertz CT molecular complexity index is 712. The predicted octanol–water partition coefficient (Wildman–Crippen LogP) is 1.56. The molecule has 0 radical (unpaired) electrons. The van der Waals surface area contributed by atoms with Crippen molar-refractivity contribution in [2.24, 2.45) is 0 Å². The minimum atomic E-state index is -0.169. The minimum Gasteiger partial charge on any atom is -0.378 e. The number of hydrogen-bond donors (Lipinski definition) is 1. The van der Waals surface area contributed by atoms with Crippen molar-refractivity contribution < 1.29 is 14.1 Å². The molecule has 2 aromatic rings. The van der Waals surface area contributed by atoms with E-state index in [0.717, 1.165) is 35.9 Å². The molecule has 1 saturated heterocycles. The van der Waals surface area contributed by atoms with Crippen LogP contribution in [-0.4, -0.2) is 54.4 Å². The molecule has 25 heavy (non-hydrogen) atoms. The van der Waals surface area contributed by atoms with E-state index in [1.165, 1.54) is 0 Å². The smallest absolute Gasteiger partial charge is 0.317 e. The average Bonchev–Trinajstić information content (AvgIpc) is 3.05. The van der Waals surface area contributed by atoms with Gasteiger partial charge in [-0.3, -0.25) is 0 Å². The maximum absolute atomic E-state index is 12.3. The summed E-state index contributed by atoms with van der Waals surface area (Å²) in [6.07, 6.45) is 1.77. The van der Waals surface area contributed by atoms with E-state index in [9.17, 15) is 4.79 Å². The fourth-order valence-electron chi connectivity index (χ4n) is 2.74. The van der Waals surface area contributed by atoms with E-state index in [2.05, 4.69) is 20.4 Å². The number of hydrogen-bond acceptors (Lipinski definition) is 6. The number of pyridine rings is 1. The van der Waals surface area contributed by atoms with Crippen molar-refractivity contribution in [2.45, 2.75) is 20.0 Å². The molecule has 2 amide bonds. The van der Waals surface area contributed by atoms with Crippen molar-refractivity contribution >= 4 is 11.8 Å². The number of rotatable bonds is 5. The molecule has 2 aromatic heterocycles. The number of aryl methyl sites for hydroxylation is 1. The zero-order valence-electron chi connectivity index (χ0n) is 14.6. The summed E-state index contributed by atoms with van der Waals surface area (Å²) >= 11 is 0. The fraction of sp³-hybridized carbons (Fsp3) is 0.471. The van der Waals surface area contributed by atoms with Crippen LogP contribution >= 0.6 is 0 Å². The molecule has 0 aliphatic carbocycles. The van der Waals surface area contributed by atoms with E-state index in [1.54, 1.807) is 18.1 Å². The van der Waals surface area contributed by atoms with Gasteiger partial charge in [0.15, 0.2) is 0 Å². The second kappa shape index (κ2) is 7.98. The normalized spacial score (nSPS) is 14.4. The Morgan fingerprint density at radius 1 is 1.40 bits per heavy atom. The SMILES string of the molecule is Cc1cc(CN(C)C(=O)NCc2cccnc2N2CCOCC2)no1. The number of nitrogens with one attached hydrogen (secondary N) is 1. The third-order valence-electron chi connectivity index (χ3n) is 4.03. The minimum absolute atomic E-state index is 0.169. The van der Waals surface area contributed by atoms with Crippen molar-refractivity contribution in [1.82, 2.24) is 20.4 Å². The summed E-state index contributed by atoms with van der Waals surface area (Å²) in [6.45, 7) is 5.65. The molecule has 1 aliphatic rings. The van der Waals surface area contributed by atoms with Crippen molar-refractivity contribution in [3.63, 3.8) is 0 Å². The zero-order chi connectivity index (χ0) is 17.6. The summed E-state index contributed by atoms with van der Waals surface area (Å²) in [7, 11) is 1.73. The summed E-state index contributed by atoms with van der Waals surface area (Å²) in [5, 5.41) is 6.84. The number of morpholine rings is 1. The summed E-state index contributed by atoms with van der Waals surface area (Å²) in [5.41, 5.74) is 1.72. The molecule has 0 atom stereocenters. The molecule has 0 spiro atoms. The number of amides is 2. The molecule has 1 aliphatic heterocycles. The first-order valence-electron chi connectivity index (χ1n) is 8.31. The Labute approximate surface area is 146 Å². The molecular weight excluding hydrogens is 322 g/mol. The van der Waals surface area contributed by atoms with E-state index in [-0.39, 0.29) is 6.03 Å². The second-order valence-electron chi connectivity index (χ2n) is 6.03. The lowest BCUT2D eigenvalue weighted by molar-refractivity contribution is 0.122. The molecule has 134 valence electrons. The van der Waals surface area contributed by atoms with E-state index < -0.39 is 0 Å². The van der Waals surface area contributed by atoms with Crippen LogP contribution in [0.2, 0.25) is 0 Å². The lowest BCUT2D eigenvalue weighted by Crippen LogP contribution is -2.39. The first-order valence-corrected chi connectivity index (χ1v) is 8.31. The highest BCUT2D eigenvalue weighted by atomic mass is 16.5. The van der Waals surface area contributed by atoms with Gasteiger partial charge in [0.1, 0.15) is 17.3 Å². The number of aromatic nitrogens is 2. The average molecular weight is 345 g/mol. The maximum atomic E-state index is 12.3. The standard InChI is InChI=1S/C17H23N5O3/c1-13-10-15(20-25-13)12-21(2)17(23)19-11-14-4-3-5-18-16(14)22-6-8-24-9-7-22/h3-5,10H,6-9,11-12H2,1-2H3,(H,19,23). The van der Waals surface area contributed by atoms with Gasteiger partial charge in [0.25, 0.3) is 0 Å². The molecular formula is C17H23N5O3. The van der Waals surface area contributed by atoms with Gasteiger partial charge in [0.2, 0.25) is 0 Å². The molecule has 0 aromatic carbocycles. The van der Waals surface area contributed by atoms with Crippen molar-refractivity contribution in [1.29, 1.82) is 0 Å². The van der Waals surface area contributed by atoms with Gasteiger partial charge < -0.3 is 24.4 Å². The number of carbonyl (C=O) groups excluding carboxylic acids is 1. The van der Waals surface area contributed by atoms with Gasteiger partial charge in [-0.15, -0.1) is 0 Å². The van der Waals surface area contributed by atoms with E-state index in [4.69, 9.17) is 9.26 Å². The Kier molecular flexibility index (Phi) is 5.49. The Hall–Kier alpha value is -2.61. The number of ether oxygens (including phenoxy) is 1. The quantitative estimate of drug-likeness (QED) is 0.885.